The normalized spacial score (nSPS) is 22.4. The summed E-state index contributed by atoms with van der Waals surface area (Å²) < 4.78 is 0. The van der Waals surface area contributed by atoms with Crippen LogP contribution in [0.25, 0.3) is 0 Å². The van der Waals surface area contributed by atoms with Gasteiger partial charge < -0.3 is 11.1 Å². The summed E-state index contributed by atoms with van der Waals surface area (Å²) in [5, 5.41) is 3.50. The van der Waals surface area contributed by atoms with Crippen molar-refractivity contribution in [2.75, 3.05) is 0 Å². The molecule has 2 atom stereocenters. The van der Waals surface area contributed by atoms with Crippen molar-refractivity contribution >= 4 is 5.91 Å². The monoisotopic (exact) mass is 232 g/mol. The predicted molar refractivity (Wildman–Crippen MR) is 68.6 cm³/mol. The van der Waals surface area contributed by atoms with E-state index >= 15 is 0 Å². The Kier molecular flexibility index (Phi) is 3.79. The fourth-order valence-electron chi connectivity index (χ4n) is 2.34. The minimum Gasteiger partial charge on any atom is -0.366 e. The molecule has 3 N–H and O–H groups in total. The Morgan fingerprint density at radius 1 is 1.47 bits per heavy atom. The number of benzene rings is 1. The van der Waals surface area contributed by atoms with Crippen LogP contribution in [-0.2, 0) is 6.54 Å². The zero-order valence-electron chi connectivity index (χ0n) is 10.3. The van der Waals surface area contributed by atoms with Crippen molar-refractivity contribution in [3.8, 4) is 0 Å². The molecular formula is C14H20N2O. The maximum absolute atomic E-state index is 11.2. The van der Waals surface area contributed by atoms with Crippen LogP contribution in [0.3, 0.4) is 0 Å². The van der Waals surface area contributed by atoms with E-state index in [-0.39, 0.29) is 5.91 Å². The van der Waals surface area contributed by atoms with Gasteiger partial charge in [0.05, 0.1) is 0 Å². The second-order valence-corrected chi connectivity index (χ2v) is 4.79. The number of hydrogen-bond acceptors (Lipinski definition) is 2. The van der Waals surface area contributed by atoms with E-state index in [1.54, 1.807) is 6.07 Å². The lowest BCUT2D eigenvalue weighted by Crippen LogP contribution is -2.21. The lowest BCUT2D eigenvalue weighted by molar-refractivity contribution is 0.0999. The molecule has 1 aromatic carbocycles. The van der Waals surface area contributed by atoms with Gasteiger partial charge in [0.1, 0.15) is 0 Å². The highest BCUT2D eigenvalue weighted by atomic mass is 16.1. The average Bonchev–Trinajstić information content (AvgIpc) is 3.06. The molecule has 0 aromatic heterocycles. The summed E-state index contributed by atoms with van der Waals surface area (Å²) in [5.41, 5.74) is 6.98. The van der Waals surface area contributed by atoms with Gasteiger partial charge in [-0.05, 0) is 30.4 Å². The van der Waals surface area contributed by atoms with Crippen LogP contribution >= 0.6 is 0 Å². The first-order valence-electron chi connectivity index (χ1n) is 6.33. The Balaban J connectivity index is 1.89. The van der Waals surface area contributed by atoms with Gasteiger partial charge in [0, 0.05) is 18.2 Å². The summed E-state index contributed by atoms with van der Waals surface area (Å²) in [6.07, 6.45) is 3.82. The molecule has 17 heavy (non-hydrogen) atoms. The van der Waals surface area contributed by atoms with E-state index in [9.17, 15) is 4.79 Å². The summed E-state index contributed by atoms with van der Waals surface area (Å²) in [5.74, 6) is 0.490. The molecule has 0 saturated heterocycles. The second kappa shape index (κ2) is 5.32. The molecule has 1 amide bonds. The number of nitrogens with one attached hydrogen (secondary N) is 1. The van der Waals surface area contributed by atoms with Crippen LogP contribution in [-0.4, -0.2) is 11.9 Å². The van der Waals surface area contributed by atoms with Crippen molar-refractivity contribution in [2.45, 2.75) is 38.8 Å². The number of carbonyl (C=O) groups excluding carboxylic acids is 1. The molecule has 0 spiro atoms. The molecule has 0 bridgehead atoms. The lowest BCUT2D eigenvalue weighted by atomic mass is 10.1. The average molecular weight is 232 g/mol. The Morgan fingerprint density at radius 3 is 2.94 bits per heavy atom. The van der Waals surface area contributed by atoms with Gasteiger partial charge in [0.2, 0.25) is 5.91 Å². The molecule has 2 rings (SSSR count). The zero-order chi connectivity index (χ0) is 12.3. The summed E-state index contributed by atoms with van der Waals surface area (Å²) in [4.78, 5) is 11.2. The molecule has 0 aliphatic heterocycles. The molecule has 1 saturated carbocycles. The fourth-order valence-corrected chi connectivity index (χ4v) is 2.34. The summed E-state index contributed by atoms with van der Waals surface area (Å²) in [6.45, 7) is 2.96. The molecule has 2 unspecified atom stereocenters. The number of nitrogens with two attached hydrogens (primary N) is 1. The zero-order valence-corrected chi connectivity index (χ0v) is 10.3. The van der Waals surface area contributed by atoms with Crippen molar-refractivity contribution in [3.05, 3.63) is 35.4 Å². The topological polar surface area (TPSA) is 55.1 Å². The van der Waals surface area contributed by atoms with E-state index < -0.39 is 0 Å². The van der Waals surface area contributed by atoms with Gasteiger partial charge in [0.15, 0.2) is 0 Å². The van der Waals surface area contributed by atoms with E-state index in [1.807, 2.05) is 18.2 Å². The number of hydrogen-bond donors (Lipinski definition) is 2. The summed E-state index contributed by atoms with van der Waals surface area (Å²) in [6, 6.07) is 8.18. The third kappa shape index (κ3) is 3.07. The smallest absolute Gasteiger partial charge is 0.249 e. The van der Waals surface area contributed by atoms with Crippen LogP contribution in [0.1, 0.15) is 42.1 Å². The van der Waals surface area contributed by atoms with E-state index in [2.05, 4.69) is 12.2 Å². The maximum Gasteiger partial charge on any atom is 0.249 e. The highest BCUT2D eigenvalue weighted by Crippen LogP contribution is 2.34. The SMILES string of the molecule is CCCC1CC1NCc1ccccc1C(N)=O. The Hall–Kier alpha value is -1.35. The maximum atomic E-state index is 11.2. The minimum absolute atomic E-state index is 0.344. The first kappa shape index (κ1) is 12.1. The van der Waals surface area contributed by atoms with Crippen LogP contribution in [0.2, 0.25) is 0 Å². The van der Waals surface area contributed by atoms with Crippen LogP contribution in [0.5, 0.6) is 0 Å². The van der Waals surface area contributed by atoms with Gasteiger partial charge in [-0.2, -0.15) is 0 Å². The minimum atomic E-state index is -0.344. The highest BCUT2D eigenvalue weighted by Gasteiger charge is 2.35. The first-order valence-corrected chi connectivity index (χ1v) is 6.33. The molecule has 1 fully saturated rings. The standard InChI is InChI=1S/C14H20N2O/c1-2-5-10-8-13(10)16-9-11-6-3-4-7-12(11)14(15)17/h3-4,6-7,10,13,16H,2,5,8-9H2,1H3,(H2,15,17). The molecule has 3 nitrogen and oxygen atoms in total. The molecule has 3 heteroatoms. The molecule has 0 heterocycles. The Bertz CT molecular complexity index is 403. The van der Waals surface area contributed by atoms with Crippen molar-refractivity contribution in [1.82, 2.24) is 5.32 Å². The molecule has 1 aromatic rings. The summed E-state index contributed by atoms with van der Waals surface area (Å²) in [7, 11) is 0. The van der Waals surface area contributed by atoms with Crippen LogP contribution < -0.4 is 11.1 Å². The van der Waals surface area contributed by atoms with Crippen LogP contribution in [0.15, 0.2) is 24.3 Å². The van der Waals surface area contributed by atoms with Crippen molar-refractivity contribution < 1.29 is 4.79 Å². The van der Waals surface area contributed by atoms with Crippen molar-refractivity contribution in [2.24, 2.45) is 11.7 Å². The molecular weight excluding hydrogens is 212 g/mol. The number of primary amides is 1. The van der Waals surface area contributed by atoms with Crippen molar-refractivity contribution in [1.29, 1.82) is 0 Å². The van der Waals surface area contributed by atoms with Crippen LogP contribution in [0, 0.1) is 5.92 Å². The van der Waals surface area contributed by atoms with Gasteiger partial charge in [-0.25, -0.2) is 0 Å². The van der Waals surface area contributed by atoms with Gasteiger partial charge in [-0.3, -0.25) is 4.79 Å². The fraction of sp³-hybridized carbons (Fsp3) is 0.500. The van der Waals surface area contributed by atoms with Gasteiger partial charge >= 0.3 is 0 Å². The second-order valence-electron chi connectivity index (χ2n) is 4.79. The van der Waals surface area contributed by atoms with Gasteiger partial charge in [-0.15, -0.1) is 0 Å². The number of carbonyl (C=O) groups is 1. The van der Waals surface area contributed by atoms with Gasteiger partial charge in [-0.1, -0.05) is 31.5 Å². The highest BCUT2D eigenvalue weighted by molar-refractivity contribution is 5.94. The summed E-state index contributed by atoms with van der Waals surface area (Å²) >= 11 is 0. The third-order valence-corrected chi connectivity index (χ3v) is 3.42. The quantitative estimate of drug-likeness (QED) is 0.788. The Labute approximate surface area is 102 Å². The molecule has 0 radical (unpaired) electrons. The lowest BCUT2D eigenvalue weighted by Gasteiger charge is -2.07. The largest absolute Gasteiger partial charge is 0.366 e. The van der Waals surface area contributed by atoms with Crippen molar-refractivity contribution in [3.63, 3.8) is 0 Å². The van der Waals surface area contributed by atoms with E-state index in [0.29, 0.717) is 11.6 Å². The van der Waals surface area contributed by atoms with E-state index in [0.717, 1.165) is 18.0 Å². The third-order valence-electron chi connectivity index (χ3n) is 3.42. The van der Waals surface area contributed by atoms with Gasteiger partial charge in [0.25, 0.3) is 0 Å². The van der Waals surface area contributed by atoms with Crippen LogP contribution in [0.4, 0.5) is 0 Å². The first-order chi connectivity index (χ1) is 8.22. The molecule has 1 aliphatic rings. The predicted octanol–water partition coefficient (Wildman–Crippen LogP) is 2.06. The number of rotatable bonds is 6. The van der Waals surface area contributed by atoms with E-state index in [1.165, 1.54) is 19.3 Å². The molecule has 92 valence electrons. The number of amides is 1. The van der Waals surface area contributed by atoms with E-state index in [4.69, 9.17) is 5.73 Å². The molecule has 1 aliphatic carbocycles. The Morgan fingerprint density at radius 2 is 2.24 bits per heavy atom.